The van der Waals surface area contributed by atoms with Gasteiger partial charge in [0.1, 0.15) is 12.0 Å². The highest BCUT2D eigenvalue weighted by Gasteiger charge is 2.06. The van der Waals surface area contributed by atoms with E-state index in [1.54, 1.807) is 18.2 Å². The monoisotopic (exact) mass is 226 g/mol. The van der Waals surface area contributed by atoms with E-state index in [0.717, 1.165) is 11.8 Å². The number of ether oxygens (including phenoxy) is 1. The second-order valence-corrected chi connectivity index (χ2v) is 3.73. The third-order valence-corrected chi connectivity index (χ3v) is 2.71. The lowest BCUT2D eigenvalue weighted by molar-refractivity contribution is -0.133. The third kappa shape index (κ3) is 3.28. The van der Waals surface area contributed by atoms with Crippen molar-refractivity contribution in [2.45, 2.75) is 4.90 Å². The third-order valence-electron chi connectivity index (χ3n) is 1.67. The summed E-state index contributed by atoms with van der Waals surface area (Å²) < 4.78 is 5.05. The molecule has 0 fully saturated rings. The minimum atomic E-state index is -0.887. The average Bonchev–Trinajstić information content (AvgIpc) is 2.25. The number of rotatable bonds is 5. The van der Waals surface area contributed by atoms with E-state index in [0.29, 0.717) is 22.5 Å². The number of aldehydes is 1. The summed E-state index contributed by atoms with van der Waals surface area (Å²) in [6.45, 7) is 0. The van der Waals surface area contributed by atoms with E-state index in [1.165, 1.54) is 7.11 Å². The molecule has 15 heavy (non-hydrogen) atoms. The predicted octanol–water partition coefficient (Wildman–Crippen LogP) is 1.68. The molecule has 0 bridgehead atoms. The van der Waals surface area contributed by atoms with Crippen LogP contribution in [0.1, 0.15) is 10.4 Å². The number of carboxylic acid groups (broad SMARTS) is 1. The van der Waals surface area contributed by atoms with E-state index in [2.05, 4.69) is 0 Å². The minimum absolute atomic E-state index is 0.0310. The van der Waals surface area contributed by atoms with E-state index < -0.39 is 5.97 Å². The zero-order valence-electron chi connectivity index (χ0n) is 8.10. The number of methoxy groups -OCH3 is 1. The van der Waals surface area contributed by atoms with Gasteiger partial charge in [-0.2, -0.15) is 0 Å². The molecule has 0 unspecified atom stereocenters. The first kappa shape index (κ1) is 11.6. The van der Waals surface area contributed by atoms with Crippen LogP contribution in [-0.2, 0) is 4.79 Å². The van der Waals surface area contributed by atoms with Gasteiger partial charge in [0.15, 0.2) is 0 Å². The zero-order chi connectivity index (χ0) is 11.3. The van der Waals surface area contributed by atoms with Crippen LogP contribution in [0.4, 0.5) is 0 Å². The fourth-order valence-electron chi connectivity index (χ4n) is 1.02. The van der Waals surface area contributed by atoms with Gasteiger partial charge in [-0.3, -0.25) is 9.59 Å². The van der Waals surface area contributed by atoms with Crippen LogP contribution in [0.2, 0.25) is 0 Å². The first-order valence-electron chi connectivity index (χ1n) is 4.15. The van der Waals surface area contributed by atoms with Crippen LogP contribution in [0.25, 0.3) is 0 Å². The summed E-state index contributed by atoms with van der Waals surface area (Å²) in [6.07, 6.45) is 0.716. The highest BCUT2D eigenvalue weighted by molar-refractivity contribution is 8.00. The summed E-state index contributed by atoms with van der Waals surface area (Å²) in [5.41, 5.74) is 0.506. The van der Waals surface area contributed by atoms with Crippen molar-refractivity contribution in [1.82, 2.24) is 0 Å². The van der Waals surface area contributed by atoms with Crippen molar-refractivity contribution in [3.63, 3.8) is 0 Å². The Bertz CT molecular complexity index is 376. The molecule has 5 heteroatoms. The Morgan fingerprint density at radius 1 is 1.60 bits per heavy atom. The molecule has 1 aromatic carbocycles. The van der Waals surface area contributed by atoms with Crippen molar-refractivity contribution in [1.29, 1.82) is 0 Å². The van der Waals surface area contributed by atoms with Crippen molar-refractivity contribution in [2.24, 2.45) is 0 Å². The lowest BCUT2D eigenvalue weighted by atomic mass is 10.2. The van der Waals surface area contributed by atoms with E-state index >= 15 is 0 Å². The summed E-state index contributed by atoms with van der Waals surface area (Å²) in [7, 11) is 1.48. The van der Waals surface area contributed by atoms with Crippen LogP contribution in [-0.4, -0.2) is 30.2 Å². The lowest BCUT2D eigenvalue weighted by Gasteiger charge is -2.06. The van der Waals surface area contributed by atoms with Gasteiger partial charge in [-0.05, 0) is 12.1 Å². The second kappa shape index (κ2) is 5.41. The van der Waals surface area contributed by atoms with Crippen molar-refractivity contribution >= 4 is 24.0 Å². The van der Waals surface area contributed by atoms with Gasteiger partial charge in [0, 0.05) is 10.5 Å². The summed E-state index contributed by atoms with van der Waals surface area (Å²) in [6, 6.07) is 4.88. The quantitative estimate of drug-likeness (QED) is 0.611. The van der Waals surface area contributed by atoms with Crippen LogP contribution < -0.4 is 4.74 Å². The van der Waals surface area contributed by atoms with Crippen LogP contribution in [0.3, 0.4) is 0 Å². The Labute approximate surface area is 91.2 Å². The number of benzene rings is 1. The predicted molar refractivity (Wildman–Crippen MR) is 56.7 cm³/mol. The first-order valence-corrected chi connectivity index (χ1v) is 5.13. The van der Waals surface area contributed by atoms with Gasteiger partial charge in [0.25, 0.3) is 0 Å². The van der Waals surface area contributed by atoms with Gasteiger partial charge in [-0.25, -0.2) is 0 Å². The summed E-state index contributed by atoms with van der Waals surface area (Å²) in [5, 5.41) is 8.52. The zero-order valence-corrected chi connectivity index (χ0v) is 8.91. The Kier molecular flexibility index (Phi) is 4.17. The molecule has 0 aliphatic rings. The number of carboxylic acids is 1. The van der Waals surface area contributed by atoms with Gasteiger partial charge in [0.05, 0.1) is 12.9 Å². The van der Waals surface area contributed by atoms with Crippen LogP contribution >= 0.6 is 11.8 Å². The fourth-order valence-corrected chi connectivity index (χ4v) is 1.74. The number of hydrogen-bond acceptors (Lipinski definition) is 4. The summed E-state index contributed by atoms with van der Waals surface area (Å²) >= 11 is 1.16. The molecule has 0 saturated heterocycles. The van der Waals surface area contributed by atoms with Crippen LogP contribution in [0.15, 0.2) is 23.1 Å². The number of carbonyl (C=O) groups is 2. The molecule has 4 nitrogen and oxygen atoms in total. The van der Waals surface area contributed by atoms with E-state index in [-0.39, 0.29) is 5.75 Å². The molecule has 0 aliphatic heterocycles. The van der Waals surface area contributed by atoms with Crippen molar-refractivity contribution in [3.05, 3.63) is 23.8 Å². The van der Waals surface area contributed by atoms with E-state index in [4.69, 9.17) is 9.84 Å². The lowest BCUT2D eigenvalue weighted by Crippen LogP contribution is -1.98. The molecule has 1 aromatic rings. The number of carbonyl (C=O) groups excluding carboxylic acids is 1. The largest absolute Gasteiger partial charge is 0.496 e. The van der Waals surface area contributed by atoms with Gasteiger partial charge >= 0.3 is 5.97 Å². The molecule has 0 radical (unpaired) electrons. The molecule has 0 heterocycles. The van der Waals surface area contributed by atoms with Crippen LogP contribution in [0, 0.1) is 0 Å². The molecule has 1 rings (SSSR count). The average molecular weight is 226 g/mol. The Balaban J connectivity index is 2.87. The molecule has 0 aliphatic carbocycles. The van der Waals surface area contributed by atoms with Crippen molar-refractivity contribution < 1.29 is 19.4 Å². The van der Waals surface area contributed by atoms with Crippen molar-refractivity contribution in [2.75, 3.05) is 12.9 Å². The number of aliphatic carboxylic acids is 1. The topological polar surface area (TPSA) is 63.6 Å². The van der Waals surface area contributed by atoms with Crippen LogP contribution in [0.5, 0.6) is 5.75 Å². The van der Waals surface area contributed by atoms with Crippen molar-refractivity contribution in [3.8, 4) is 5.75 Å². The standard InChI is InChI=1S/C10H10O4S/c1-14-8-4-7(5-11)2-3-9(8)15-6-10(12)13/h2-5H,6H2,1H3,(H,12,13). The van der Waals surface area contributed by atoms with Gasteiger partial charge in [-0.15, -0.1) is 11.8 Å². The molecule has 1 N–H and O–H groups in total. The maximum Gasteiger partial charge on any atom is 0.313 e. The Morgan fingerprint density at radius 3 is 2.87 bits per heavy atom. The highest BCUT2D eigenvalue weighted by Crippen LogP contribution is 2.29. The smallest absolute Gasteiger partial charge is 0.313 e. The maximum absolute atomic E-state index is 10.5. The molecule has 0 atom stereocenters. The normalized spacial score (nSPS) is 9.67. The van der Waals surface area contributed by atoms with Gasteiger partial charge in [0.2, 0.25) is 0 Å². The first-order chi connectivity index (χ1) is 7.17. The summed E-state index contributed by atoms with van der Waals surface area (Å²) in [5.74, 6) is -0.399. The molecule has 0 saturated carbocycles. The van der Waals surface area contributed by atoms with Gasteiger partial charge < -0.3 is 9.84 Å². The second-order valence-electron chi connectivity index (χ2n) is 2.71. The SMILES string of the molecule is COc1cc(C=O)ccc1SCC(=O)O. The molecular weight excluding hydrogens is 216 g/mol. The Morgan fingerprint density at radius 2 is 2.33 bits per heavy atom. The fraction of sp³-hybridized carbons (Fsp3) is 0.200. The van der Waals surface area contributed by atoms with Gasteiger partial charge in [-0.1, -0.05) is 6.07 Å². The highest BCUT2D eigenvalue weighted by atomic mass is 32.2. The van der Waals surface area contributed by atoms with E-state index in [9.17, 15) is 9.59 Å². The van der Waals surface area contributed by atoms with E-state index in [1.807, 2.05) is 0 Å². The maximum atomic E-state index is 10.5. The molecular formula is C10H10O4S. The number of thioether (sulfide) groups is 1. The Hall–Kier alpha value is -1.49. The molecule has 0 aromatic heterocycles. The molecule has 0 amide bonds. The summed E-state index contributed by atoms with van der Waals surface area (Å²) in [4.78, 5) is 21.6. The minimum Gasteiger partial charge on any atom is -0.496 e. The number of hydrogen-bond donors (Lipinski definition) is 1. The molecule has 0 spiro atoms. The molecule has 80 valence electrons.